The Morgan fingerprint density at radius 1 is 1.10 bits per heavy atom. The van der Waals surface area contributed by atoms with Crippen LogP contribution >= 0.6 is 0 Å². The maximum Gasteiger partial charge on any atom is 0.400 e. The van der Waals surface area contributed by atoms with Crippen LogP contribution in [0.15, 0.2) is 12.2 Å². The van der Waals surface area contributed by atoms with E-state index in [0.29, 0.717) is 12.2 Å². The van der Waals surface area contributed by atoms with Crippen LogP contribution in [0.25, 0.3) is 0 Å². The second-order valence-electron chi connectivity index (χ2n) is 4.23. The van der Waals surface area contributed by atoms with E-state index in [2.05, 4.69) is 14.2 Å². The average molecular weight is 292 g/mol. The number of ether oxygens (including phenoxy) is 3. The zero-order valence-corrected chi connectivity index (χ0v) is 9.87. The van der Waals surface area contributed by atoms with Crippen molar-refractivity contribution in [2.45, 2.75) is 30.1 Å². The van der Waals surface area contributed by atoms with E-state index in [1.165, 1.54) is 0 Å². The van der Waals surface area contributed by atoms with Crippen molar-refractivity contribution in [3.05, 3.63) is 12.2 Å². The van der Waals surface area contributed by atoms with Gasteiger partial charge in [-0.05, 0) is 0 Å². The number of hydrogen-bond donors (Lipinski definition) is 5. The van der Waals surface area contributed by atoms with Crippen LogP contribution in [0.5, 0.6) is 0 Å². The van der Waals surface area contributed by atoms with Crippen LogP contribution in [0.4, 0.5) is 0 Å². The number of esters is 2. The van der Waals surface area contributed by atoms with Crippen LogP contribution in [0.2, 0.25) is 0 Å². The van der Waals surface area contributed by atoms with Gasteiger partial charge >= 0.3 is 23.7 Å². The van der Waals surface area contributed by atoms with Crippen LogP contribution in [-0.2, 0) is 23.8 Å². The maximum atomic E-state index is 11.3. The molecule has 2 aliphatic heterocycles. The third-order valence-corrected chi connectivity index (χ3v) is 2.90. The summed E-state index contributed by atoms with van der Waals surface area (Å²) < 4.78 is 13.4. The SMILES string of the molecule is O=C1/C=C\C(=O)O[C@]2(O)[C@@H](O)[C@H](O)[C@@H](CO)OC2(O)O1. The van der Waals surface area contributed by atoms with Gasteiger partial charge < -0.3 is 39.7 Å². The van der Waals surface area contributed by atoms with Gasteiger partial charge in [0, 0.05) is 12.2 Å². The van der Waals surface area contributed by atoms with Crippen molar-refractivity contribution in [1.29, 1.82) is 0 Å². The summed E-state index contributed by atoms with van der Waals surface area (Å²) in [5.41, 5.74) is 0. The number of aliphatic hydroxyl groups excluding tert-OH is 3. The molecule has 1 unspecified atom stereocenters. The summed E-state index contributed by atoms with van der Waals surface area (Å²) in [6.07, 6.45) is -4.64. The topological polar surface area (TPSA) is 163 Å². The molecule has 2 aliphatic rings. The summed E-state index contributed by atoms with van der Waals surface area (Å²) >= 11 is 0. The van der Waals surface area contributed by atoms with Gasteiger partial charge in [0.15, 0.2) is 6.10 Å². The molecule has 20 heavy (non-hydrogen) atoms. The normalized spacial score (nSPS) is 46.5. The van der Waals surface area contributed by atoms with Crippen LogP contribution in [-0.4, -0.2) is 74.2 Å². The van der Waals surface area contributed by atoms with Gasteiger partial charge in [0.25, 0.3) is 0 Å². The van der Waals surface area contributed by atoms with E-state index in [1.54, 1.807) is 0 Å². The Morgan fingerprint density at radius 3 is 2.20 bits per heavy atom. The highest BCUT2D eigenvalue weighted by molar-refractivity contribution is 5.92. The Labute approximate surface area is 111 Å². The molecule has 5 atom stereocenters. The van der Waals surface area contributed by atoms with Crippen LogP contribution in [0.3, 0.4) is 0 Å². The Balaban J connectivity index is 2.48. The second kappa shape index (κ2) is 4.77. The monoisotopic (exact) mass is 292 g/mol. The lowest BCUT2D eigenvalue weighted by Crippen LogP contribution is -2.75. The zero-order valence-electron chi connectivity index (χ0n) is 9.87. The molecule has 5 N–H and O–H groups in total. The van der Waals surface area contributed by atoms with Crippen molar-refractivity contribution < 1.29 is 49.3 Å². The molecule has 1 fully saturated rings. The van der Waals surface area contributed by atoms with Crippen molar-refractivity contribution in [1.82, 2.24) is 0 Å². The van der Waals surface area contributed by atoms with Crippen LogP contribution in [0.1, 0.15) is 0 Å². The molecule has 0 aliphatic carbocycles. The van der Waals surface area contributed by atoms with Crippen LogP contribution in [0, 0.1) is 0 Å². The highest BCUT2D eigenvalue weighted by Crippen LogP contribution is 2.39. The number of hydrogen-bond acceptors (Lipinski definition) is 10. The number of fused-ring (bicyclic) bond motifs is 1. The van der Waals surface area contributed by atoms with E-state index in [1.807, 2.05) is 0 Å². The molecule has 10 nitrogen and oxygen atoms in total. The Morgan fingerprint density at radius 2 is 1.65 bits per heavy atom. The second-order valence-corrected chi connectivity index (χ2v) is 4.23. The van der Waals surface area contributed by atoms with E-state index >= 15 is 0 Å². The molecule has 0 radical (unpaired) electrons. The van der Waals surface area contributed by atoms with E-state index in [0.717, 1.165) is 0 Å². The van der Waals surface area contributed by atoms with E-state index in [9.17, 15) is 30.0 Å². The van der Waals surface area contributed by atoms with Crippen molar-refractivity contribution in [3.63, 3.8) is 0 Å². The van der Waals surface area contributed by atoms with E-state index in [-0.39, 0.29) is 0 Å². The smallest absolute Gasteiger partial charge is 0.400 e. The molecule has 0 amide bonds. The predicted molar refractivity (Wildman–Crippen MR) is 55.2 cm³/mol. The molecule has 112 valence electrons. The van der Waals surface area contributed by atoms with Crippen molar-refractivity contribution in [2.75, 3.05) is 6.61 Å². The van der Waals surface area contributed by atoms with Gasteiger partial charge in [0.1, 0.15) is 12.2 Å². The van der Waals surface area contributed by atoms with Crippen LogP contribution < -0.4 is 0 Å². The molecule has 0 aromatic heterocycles. The Bertz CT molecular complexity index is 461. The van der Waals surface area contributed by atoms with E-state index < -0.39 is 48.6 Å². The van der Waals surface area contributed by atoms with Crippen molar-refractivity contribution in [2.24, 2.45) is 0 Å². The predicted octanol–water partition coefficient (Wildman–Crippen LogP) is -3.91. The van der Waals surface area contributed by atoms with Gasteiger partial charge in [-0.1, -0.05) is 0 Å². The molecular formula is C10H12O10. The lowest BCUT2D eigenvalue weighted by atomic mass is 9.94. The first-order valence-electron chi connectivity index (χ1n) is 5.47. The quantitative estimate of drug-likeness (QED) is 0.302. The summed E-state index contributed by atoms with van der Waals surface area (Å²) in [6.45, 7) is -0.877. The highest BCUT2D eigenvalue weighted by atomic mass is 16.9. The number of carbonyl (C=O) groups excluding carboxylic acids is 2. The van der Waals surface area contributed by atoms with Gasteiger partial charge in [0.2, 0.25) is 0 Å². The molecule has 1 saturated heterocycles. The first kappa shape index (κ1) is 14.8. The average Bonchev–Trinajstić information content (AvgIpc) is 2.38. The van der Waals surface area contributed by atoms with Gasteiger partial charge in [0.05, 0.1) is 6.61 Å². The lowest BCUT2D eigenvalue weighted by Gasteiger charge is -2.49. The number of rotatable bonds is 1. The van der Waals surface area contributed by atoms with E-state index in [4.69, 9.17) is 5.11 Å². The lowest BCUT2D eigenvalue weighted by molar-refractivity contribution is -0.510. The number of aliphatic hydroxyl groups is 5. The molecule has 0 saturated carbocycles. The molecule has 2 heterocycles. The largest absolute Gasteiger partial charge is 0.417 e. The Hall–Kier alpha value is -1.56. The third kappa shape index (κ3) is 2.08. The highest BCUT2D eigenvalue weighted by Gasteiger charge is 2.70. The minimum atomic E-state index is -3.30. The summed E-state index contributed by atoms with van der Waals surface area (Å²) in [4.78, 5) is 22.6. The molecular weight excluding hydrogens is 280 g/mol. The summed E-state index contributed by atoms with van der Waals surface area (Å²) in [6, 6.07) is 0. The fraction of sp³-hybridized carbons (Fsp3) is 0.600. The first-order chi connectivity index (χ1) is 9.23. The number of carbonyl (C=O) groups is 2. The molecule has 2 rings (SSSR count). The Kier molecular flexibility index (Phi) is 3.54. The summed E-state index contributed by atoms with van der Waals surface area (Å²) in [5, 5.41) is 48.5. The zero-order chi connectivity index (χ0) is 15.1. The van der Waals surface area contributed by atoms with Gasteiger partial charge in [-0.15, -0.1) is 0 Å². The van der Waals surface area contributed by atoms with Gasteiger partial charge in [-0.2, -0.15) is 0 Å². The molecule has 0 bridgehead atoms. The third-order valence-electron chi connectivity index (χ3n) is 2.90. The fourth-order valence-electron chi connectivity index (χ4n) is 1.84. The maximum absolute atomic E-state index is 11.3. The first-order valence-corrected chi connectivity index (χ1v) is 5.47. The molecule has 0 aromatic rings. The van der Waals surface area contributed by atoms with Crippen molar-refractivity contribution >= 4 is 11.9 Å². The summed E-state index contributed by atoms with van der Waals surface area (Å²) in [5.74, 6) is -9.13. The summed E-state index contributed by atoms with van der Waals surface area (Å²) in [7, 11) is 0. The standard InChI is InChI=1S/C10H12O10/c11-3-4-7(14)8(15)9(16)10(17,18-4)20-6(13)2-1-5(12)19-9/h1-2,4,7-8,11,14-17H,3H2/b2-1-/t4-,7-,8+,9-,10?/m1/s1. The molecule has 0 aromatic carbocycles. The minimum absolute atomic E-state index is 0.580. The van der Waals surface area contributed by atoms with Crippen molar-refractivity contribution in [3.8, 4) is 0 Å². The van der Waals surface area contributed by atoms with Gasteiger partial charge in [-0.3, -0.25) is 0 Å². The van der Waals surface area contributed by atoms with Gasteiger partial charge in [-0.25, -0.2) is 9.59 Å². The fourth-order valence-corrected chi connectivity index (χ4v) is 1.84. The molecule has 10 heteroatoms. The molecule has 0 spiro atoms. The minimum Gasteiger partial charge on any atom is -0.417 e.